The fourth-order valence-corrected chi connectivity index (χ4v) is 2.51. The van der Waals surface area contributed by atoms with Crippen LogP contribution in [0.25, 0.3) is 0 Å². The zero-order valence-corrected chi connectivity index (χ0v) is 11.5. The van der Waals surface area contributed by atoms with E-state index in [1.54, 1.807) is 0 Å². The molecule has 0 spiro atoms. The van der Waals surface area contributed by atoms with Gasteiger partial charge in [0, 0.05) is 18.3 Å². The van der Waals surface area contributed by atoms with Gasteiger partial charge in [0.2, 0.25) is 0 Å². The highest BCUT2D eigenvalue weighted by Crippen LogP contribution is 2.17. The summed E-state index contributed by atoms with van der Waals surface area (Å²) >= 11 is 0. The molecule has 0 atom stereocenters. The predicted octanol–water partition coefficient (Wildman–Crippen LogP) is 2.86. The van der Waals surface area contributed by atoms with Crippen LogP contribution in [0.5, 0.6) is 0 Å². The molecule has 0 bridgehead atoms. The molecule has 19 heavy (non-hydrogen) atoms. The van der Waals surface area contributed by atoms with Gasteiger partial charge in [0.05, 0.1) is 0 Å². The van der Waals surface area contributed by atoms with E-state index in [4.69, 9.17) is 0 Å². The number of urea groups is 1. The molecule has 1 fully saturated rings. The average Bonchev–Trinajstić information content (AvgIpc) is 2.42. The second-order valence-corrected chi connectivity index (χ2v) is 5.16. The number of carbonyl (C=O) groups is 1. The summed E-state index contributed by atoms with van der Waals surface area (Å²) in [7, 11) is 1.92. The van der Waals surface area contributed by atoms with Crippen LogP contribution in [0.15, 0.2) is 24.3 Å². The zero-order chi connectivity index (χ0) is 13.5. The molecular formula is C15H23N3O. The highest BCUT2D eigenvalue weighted by molar-refractivity contribution is 5.89. The summed E-state index contributed by atoms with van der Waals surface area (Å²) in [4.78, 5) is 11.9. The summed E-state index contributed by atoms with van der Waals surface area (Å²) in [6, 6.07) is 8.17. The molecule has 4 heteroatoms. The van der Waals surface area contributed by atoms with E-state index < -0.39 is 0 Å². The molecule has 1 aromatic carbocycles. The van der Waals surface area contributed by atoms with Crippen molar-refractivity contribution in [3.63, 3.8) is 0 Å². The van der Waals surface area contributed by atoms with Crippen molar-refractivity contribution in [3.05, 3.63) is 29.8 Å². The van der Waals surface area contributed by atoms with E-state index in [9.17, 15) is 4.79 Å². The maximum atomic E-state index is 11.9. The molecule has 2 rings (SSSR count). The molecule has 0 aliphatic heterocycles. The van der Waals surface area contributed by atoms with Gasteiger partial charge in [0.15, 0.2) is 0 Å². The van der Waals surface area contributed by atoms with Crippen LogP contribution in [0, 0.1) is 0 Å². The number of hydrogen-bond donors (Lipinski definition) is 3. The fourth-order valence-electron chi connectivity index (χ4n) is 2.51. The van der Waals surface area contributed by atoms with Gasteiger partial charge in [0.25, 0.3) is 0 Å². The minimum atomic E-state index is -0.0896. The summed E-state index contributed by atoms with van der Waals surface area (Å²) < 4.78 is 0. The third kappa shape index (κ3) is 4.56. The van der Waals surface area contributed by atoms with Crippen LogP contribution in [0.4, 0.5) is 10.5 Å². The van der Waals surface area contributed by atoms with E-state index in [1.807, 2.05) is 31.3 Å². The van der Waals surface area contributed by atoms with Crippen molar-refractivity contribution >= 4 is 11.7 Å². The monoisotopic (exact) mass is 261 g/mol. The summed E-state index contributed by atoms with van der Waals surface area (Å²) in [5, 5.41) is 9.03. The lowest BCUT2D eigenvalue weighted by Gasteiger charge is -2.22. The zero-order valence-electron chi connectivity index (χ0n) is 11.5. The summed E-state index contributed by atoms with van der Waals surface area (Å²) in [5.41, 5.74) is 2.05. The largest absolute Gasteiger partial charge is 0.335 e. The van der Waals surface area contributed by atoms with Gasteiger partial charge in [-0.3, -0.25) is 0 Å². The number of anilines is 1. The first-order valence-electron chi connectivity index (χ1n) is 7.09. The Hall–Kier alpha value is -1.55. The minimum absolute atomic E-state index is 0.0896. The van der Waals surface area contributed by atoms with Gasteiger partial charge in [-0.2, -0.15) is 0 Å². The summed E-state index contributed by atoms with van der Waals surface area (Å²) in [6.45, 7) is 0.842. The number of rotatable bonds is 4. The van der Waals surface area contributed by atoms with Crippen LogP contribution in [0.3, 0.4) is 0 Å². The van der Waals surface area contributed by atoms with E-state index in [0.717, 1.165) is 25.1 Å². The molecule has 104 valence electrons. The Morgan fingerprint density at radius 2 is 1.84 bits per heavy atom. The number of amides is 2. The van der Waals surface area contributed by atoms with Crippen LogP contribution in [-0.2, 0) is 6.54 Å². The molecule has 3 N–H and O–H groups in total. The maximum Gasteiger partial charge on any atom is 0.319 e. The lowest BCUT2D eigenvalue weighted by Crippen LogP contribution is -2.39. The molecule has 4 nitrogen and oxygen atoms in total. The highest BCUT2D eigenvalue weighted by Gasteiger charge is 2.15. The molecule has 1 aliphatic carbocycles. The lowest BCUT2D eigenvalue weighted by molar-refractivity contribution is 0.244. The molecule has 0 aromatic heterocycles. The first-order valence-corrected chi connectivity index (χ1v) is 7.09. The van der Waals surface area contributed by atoms with Gasteiger partial charge in [-0.1, -0.05) is 31.4 Å². The van der Waals surface area contributed by atoms with Crippen molar-refractivity contribution in [3.8, 4) is 0 Å². The molecule has 0 radical (unpaired) electrons. The van der Waals surface area contributed by atoms with E-state index in [1.165, 1.54) is 24.8 Å². The van der Waals surface area contributed by atoms with E-state index in [-0.39, 0.29) is 6.03 Å². The molecule has 1 aromatic rings. The van der Waals surface area contributed by atoms with Gasteiger partial charge in [-0.25, -0.2) is 4.79 Å². The predicted molar refractivity (Wildman–Crippen MR) is 78.2 cm³/mol. The number of nitrogens with one attached hydrogen (secondary N) is 3. The molecule has 2 amide bonds. The second kappa shape index (κ2) is 7.14. The highest BCUT2D eigenvalue weighted by atomic mass is 16.2. The minimum Gasteiger partial charge on any atom is -0.335 e. The van der Waals surface area contributed by atoms with E-state index in [2.05, 4.69) is 16.0 Å². The van der Waals surface area contributed by atoms with Crippen LogP contribution in [0.2, 0.25) is 0 Å². The van der Waals surface area contributed by atoms with Crippen molar-refractivity contribution in [2.75, 3.05) is 12.4 Å². The van der Waals surface area contributed by atoms with Crippen molar-refractivity contribution in [2.45, 2.75) is 44.7 Å². The molecular weight excluding hydrogens is 238 g/mol. The fraction of sp³-hybridized carbons (Fsp3) is 0.533. The summed E-state index contributed by atoms with van der Waals surface area (Å²) in [5.74, 6) is 0. The van der Waals surface area contributed by atoms with Crippen molar-refractivity contribution in [1.29, 1.82) is 0 Å². The Labute approximate surface area is 115 Å². The first kappa shape index (κ1) is 13.9. The van der Waals surface area contributed by atoms with Crippen molar-refractivity contribution in [1.82, 2.24) is 10.6 Å². The van der Waals surface area contributed by atoms with Crippen LogP contribution >= 0.6 is 0 Å². The lowest BCUT2D eigenvalue weighted by atomic mass is 9.96. The van der Waals surface area contributed by atoms with Gasteiger partial charge in [-0.05, 0) is 37.6 Å². The molecule has 1 saturated carbocycles. The van der Waals surface area contributed by atoms with E-state index >= 15 is 0 Å². The Bertz CT molecular complexity index is 396. The van der Waals surface area contributed by atoms with E-state index in [0.29, 0.717) is 6.04 Å². The van der Waals surface area contributed by atoms with Gasteiger partial charge < -0.3 is 16.0 Å². The van der Waals surface area contributed by atoms with Gasteiger partial charge in [-0.15, -0.1) is 0 Å². The van der Waals surface area contributed by atoms with Crippen molar-refractivity contribution < 1.29 is 4.79 Å². The third-order valence-electron chi connectivity index (χ3n) is 3.53. The van der Waals surface area contributed by atoms with Crippen LogP contribution < -0.4 is 16.0 Å². The standard InChI is InChI=1S/C15H23N3O/c1-16-11-12-7-9-14(10-8-12)18-15(19)17-13-5-3-2-4-6-13/h7-10,13,16H,2-6,11H2,1H3,(H2,17,18,19). The molecule has 0 heterocycles. The SMILES string of the molecule is CNCc1ccc(NC(=O)NC2CCCCC2)cc1. The smallest absolute Gasteiger partial charge is 0.319 e. The van der Waals surface area contributed by atoms with Crippen LogP contribution in [-0.4, -0.2) is 19.1 Å². The number of hydrogen-bond acceptors (Lipinski definition) is 2. The molecule has 0 unspecified atom stereocenters. The summed E-state index contributed by atoms with van der Waals surface area (Å²) in [6.07, 6.45) is 5.96. The second-order valence-electron chi connectivity index (χ2n) is 5.16. The first-order chi connectivity index (χ1) is 9.28. The Morgan fingerprint density at radius 3 is 2.47 bits per heavy atom. The number of benzene rings is 1. The quantitative estimate of drug-likeness (QED) is 0.780. The topological polar surface area (TPSA) is 53.2 Å². The molecule has 0 saturated heterocycles. The van der Waals surface area contributed by atoms with Gasteiger partial charge in [0.1, 0.15) is 0 Å². The number of carbonyl (C=O) groups excluding carboxylic acids is 1. The Balaban J connectivity index is 1.80. The van der Waals surface area contributed by atoms with Crippen LogP contribution in [0.1, 0.15) is 37.7 Å². The Kier molecular flexibility index (Phi) is 5.21. The Morgan fingerprint density at radius 1 is 1.16 bits per heavy atom. The van der Waals surface area contributed by atoms with Gasteiger partial charge >= 0.3 is 6.03 Å². The maximum absolute atomic E-state index is 11.9. The molecule has 1 aliphatic rings. The third-order valence-corrected chi connectivity index (χ3v) is 3.53. The van der Waals surface area contributed by atoms with Crippen molar-refractivity contribution in [2.24, 2.45) is 0 Å². The normalized spacial score (nSPS) is 16.1. The average molecular weight is 261 g/mol.